The average Bonchev–Trinajstić information content (AvgIpc) is 2.59. The van der Waals surface area contributed by atoms with E-state index >= 15 is 0 Å². The molecule has 0 aliphatic heterocycles. The zero-order valence-corrected chi connectivity index (χ0v) is 12.5. The largest absolute Gasteiger partial charge is 0.0619 e. The number of fused-ring (bicyclic) bond motifs is 3. The molecule has 0 saturated carbocycles. The molecule has 0 amide bonds. The molecule has 0 atom stereocenters. The third-order valence-electron chi connectivity index (χ3n) is 4.42. The molecule has 0 N–H and O–H groups in total. The van der Waals surface area contributed by atoms with Crippen molar-refractivity contribution in [3.63, 3.8) is 0 Å². The average molecular weight is 250 g/mol. The van der Waals surface area contributed by atoms with E-state index in [4.69, 9.17) is 0 Å². The predicted octanol–water partition coefficient (Wildman–Crippen LogP) is 5.29. The van der Waals surface area contributed by atoms with Crippen LogP contribution in [0.2, 0.25) is 0 Å². The molecule has 0 nitrogen and oxygen atoms in total. The van der Waals surface area contributed by atoms with Crippen LogP contribution in [0.1, 0.15) is 51.3 Å². The van der Waals surface area contributed by atoms with Crippen LogP contribution >= 0.6 is 0 Å². The fourth-order valence-electron chi connectivity index (χ4n) is 3.38. The molecule has 0 saturated heterocycles. The predicted molar refractivity (Wildman–Crippen MR) is 82.7 cm³/mol. The summed E-state index contributed by atoms with van der Waals surface area (Å²) in [4.78, 5) is 0. The van der Waals surface area contributed by atoms with Gasteiger partial charge < -0.3 is 0 Å². The summed E-state index contributed by atoms with van der Waals surface area (Å²) in [7, 11) is 0. The Kier molecular flexibility index (Phi) is 2.44. The Morgan fingerprint density at radius 1 is 0.789 bits per heavy atom. The minimum atomic E-state index is 0.118. The standard InChI is InChI=1S/C19H22/c1-18(2,3)15-11-8-12-16-17(15)13-9-6-7-10-14(13)19(16,4)5/h6-12H,1-5H3. The molecule has 0 aromatic heterocycles. The number of rotatable bonds is 0. The molecule has 19 heavy (non-hydrogen) atoms. The smallest absolute Gasteiger partial charge is 0.0158 e. The van der Waals surface area contributed by atoms with Crippen LogP contribution in [-0.2, 0) is 10.8 Å². The molecule has 0 bridgehead atoms. The van der Waals surface area contributed by atoms with Crippen LogP contribution in [0.3, 0.4) is 0 Å². The highest BCUT2D eigenvalue weighted by Gasteiger charge is 2.37. The van der Waals surface area contributed by atoms with Crippen LogP contribution in [-0.4, -0.2) is 0 Å². The molecular weight excluding hydrogens is 228 g/mol. The maximum Gasteiger partial charge on any atom is 0.0158 e. The normalized spacial score (nSPS) is 16.1. The van der Waals surface area contributed by atoms with Gasteiger partial charge in [-0.1, -0.05) is 77.1 Å². The molecule has 0 fully saturated rings. The van der Waals surface area contributed by atoms with E-state index in [0.717, 1.165) is 0 Å². The van der Waals surface area contributed by atoms with Crippen molar-refractivity contribution in [1.29, 1.82) is 0 Å². The zero-order valence-electron chi connectivity index (χ0n) is 12.5. The Morgan fingerprint density at radius 3 is 2.11 bits per heavy atom. The van der Waals surface area contributed by atoms with Crippen molar-refractivity contribution in [3.8, 4) is 11.1 Å². The first-order valence-electron chi connectivity index (χ1n) is 7.07. The lowest BCUT2D eigenvalue weighted by Gasteiger charge is -2.25. The number of hydrogen-bond acceptors (Lipinski definition) is 0. The van der Waals surface area contributed by atoms with Gasteiger partial charge in [0.05, 0.1) is 0 Å². The summed E-state index contributed by atoms with van der Waals surface area (Å²) in [5, 5.41) is 0. The Balaban J connectivity index is 2.41. The number of hydrogen-bond donors (Lipinski definition) is 0. The first-order valence-corrected chi connectivity index (χ1v) is 7.07. The van der Waals surface area contributed by atoms with Gasteiger partial charge in [-0.15, -0.1) is 0 Å². The van der Waals surface area contributed by atoms with Crippen LogP contribution in [0, 0.1) is 0 Å². The second kappa shape index (κ2) is 3.72. The molecule has 98 valence electrons. The van der Waals surface area contributed by atoms with E-state index in [0.29, 0.717) is 0 Å². The lowest BCUT2D eigenvalue weighted by Crippen LogP contribution is -2.16. The fourth-order valence-corrected chi connectivity index (χ4v) is 3.38. The van der Waals surface area contributed by atoms with Gasteiger partial charge in [0.1, 0.15) is 0 Å². The zero-order chi connectivity index (χ0) is 13.8. The van der Waals surface area contributed by atoms with Gasteiger partial charge in [0, 0.05) is 5.41 Å². The van der Waals surface area contributed by atoms with Crippen molar-refractivity contribution in [3.05, 3.63) is 59.2 Å². The third-order valence-corrected chi connectivity index (χ3v) is 4.42. The molecule has 1 aliphatic carbocycles. The maximum absolute atomic E-state index is 2.34. The Hall–Kier alpha value is -1.56. The Bertz CT molecular complexity index is 639. The molecular formula is C19H22. The molecule has 0 heterocycles. The van der Waals surface area contributed by atoms with Gasteiger partial charge >= 0.3 is 0 Å². The summed E-state index contributed by atoms with van der Waals surface area (Å²) in [6, 6.07) is 15.7. The van der Waals surface area contributed by atoms with E-state index < -0.39 is 0 Å². The van der Waals surface area contributed by atoms with Crippen molar-refractivity contribution in [2.24, 2.45) is 0 Å². The van der Waals surface area contributed by atoms with E-state index in [1.165, 1.54) is 27.8 Å². The van der Waals surface area contributed by atoms with Gasteiger partial charge in [-0.2, -0.15) is 0 Å². The van der Waals surface area contributed by atoms with Crippen LogP contribution < -0.4 is 0 Å². The van der Waals surface area contributed by atoms with Gasteiger partial charge in [-0.25, -0.2) is 0 Å². The highest BCUT2D eigenvalue weighted by molar-refractivity contribution is 5.83. The van der Waals surface area contributed by atoms with Crippen LogP contribution in [0.5, 0.6) is 0 Å². The Labute approximate surface area is 116 Å². The molecule has 1 aliphatic rings. The first-order chi connectivity index (χ1) is 8.83. The lowest BCUT2D eigenvalue weighted by molar-refractivity contribution is 0.589. The second-order valence-corrected chi connectivity index (χ2v) is 7.15. The van der Waals surface area contributed by atoms with E-state index in [-0.39, 0.29) is 10.8 Å². The van der Waals surface area contributed by atoms with E-state index in [1.54, 1.807) is 0 Å². The fraction of sp³-hybridized carbons (Fsp3) is 0.368. The number of benzene rings is 2. The van der Waals surface area contributed by atoms with Crippen molar-refractivity contribution in [2.75, 3.05) is 0 Å². The van der Waals surface area contributed by atoms with Crippen molar-refractivity contribution in [2.45, 2.75) is 45.4 Å². The summed E-state index contributed by atoms with van der Waals surface area (Å²) < 4.78 is 0. The molecule has 2 aromatic carbocycles. The van der Waals surface area contributed by atoms with Crippen LogP contribution in [0.15, 0.2) is 42.5 Å². The minimum absolute atomic E-state index is 0.118. The van der Waals surface area contributed by atoms with Gasteiger partial charge in [-0.3, -0.25) is 0 Å². The molecule has 0 heteroatoms. The summed E-state index contributed by atoms with van der Waals surface area (Å²) in [5.74, 6) is 0. The van der Waals surface area contributed by atoms with Crippen molar-refractivity contribution >= 4 is 0 Å². The molecule has 0 unspecified atom stereocenters. The van der Waals surface area contributed by atoms with E-state index in [2.05, 4.69) is 77.1 Å². The molecule has 0 spiro atoms. The summed E-state index contributed by atoms with van der Waals surface area (Å²) >= 11 is 0. The second-order valence-electron chi connectivity index (χ2n) is 7.15. The van der Waals surface area contributed by atoms with Crippen LogP contribution in [0.4, 0.5) is 0 Å². The van der Waals surface area contributed by atoms with Crippen LogP contribution in [0.25, 0.3) is 11.1 Å². The van der Waals surface area contributed by atoms with E-state index in [1.807, 2.05) is 0 Å². The lowest BCUT2D eigenvalue weighted by atomic mass is 9.79. The summed E-state index contributed by atoms with van der Waals surface area (Å²) in [6.45, 7) is 11.6. The van der Waals surface area contributed by atoms with Crippen molar-refractivity contribution < 1.29 is 0 Å². The summed E-state index contributed by atoms with van der Waals surface area (Å²) in [5.41, 5.74) is 7.58. The van der Waals surface area contributed by atoms with E-state index in [9.17, 15) is 0 Å². The topological polar surface area (TPSA) is 0 Å². The third kappa shape index (κ3) is 1.66. The van der Waals surface area contributed by atoms with Gasteiger partial charge in [0.25, 0.3) is 0 Å². The van der Waals surface area contributed by atoms with Crippen molar-refractivity contribution in [1.82, 2.24) is 0 Å². The molecule has 3 rings (SSSR count). The molecule has 2 aromatic rings. The first kappa shape index (κ1) is 12.5. The SMILES string of the molecule is CC(C)(C)c1cccc2c1-c1ccccc1C2(C)C. The highest BCUT2D eigenvalue weighted by Crippen LogP contribution is 2.51. The summed E-state index contributed by atoms with van der Waals surface area (Å²) in [6.07, 6.45) is 0. The Morgan fingerprint density at radius 2 is 1.42 bits per heavy atom. The highest BCUT2D eigenvalue weighted by atomic mass is 14.4. The minimum Gasteiger partial charge on any atom is -0.0619 e. The van der Waals surface area contributed by atoms with Gasteiger partial charge in [-0.05, 0) is 33.2 Å². The van der Waals surface area contributed by atoms with Gasteiger partial charge in [0.15, 0.2) is 0 Å². The maximum atomic E-state index is 2.34. The quantitative estimate of drug-likeness (QED) is 0.596. The monoisotopic (exact) mass is 250 g/mol. The van der Waals surface area contributed by atoms with Gasteiger partial charge in [0.2, 0.25) is 0 Å². The molecule has 0 radical (unpaired) electrons.